The fourth-order valence-corrected chi connectivity index (χ4v) is 3.59. The Morgan fingerprint density at radius 3 is 0.733 bits per heavy atom. The van der Waals surface area contributed by atoms with Crippen LogP contribution in [-0.2, 0) is 57.1 Å². The molecule has 0 saturated carbocycles. The van der Waals surface area contributed by atoms with Crippen LogP contribution in [0.1, 0.15) is 51.4 Å². The van der Waals surface area contributed by atoms with Crippen LogP contribution in [0.3, 0.4) is 0 Å². The molecule has 0 aliphatic heterocycles. The highest BCUT2D eigenvalue weighted by Crippen LogP contribution is 2.21. The highest BCUT2D eigenvalue weighted by Gasteiger charge is 2.32. The smallest absolute Gasteiger partial charge is 0.303 e. The topological polar surface area (TPSA) is 223 Å². The summed E-state index contributed by atoms with van der Waals surface area (Å²) in [4.78, 5) is 42.5. The summed E-state index contributed by atoms with van der Waals surface area (Å²) in [6.07, 6.45) is 1.65. The average Bonchev–Trinajstić information content (AvgIpc) is 2.97. The molecule has 16 heteroatoms. The Balaban J connectivity index is 4.95. The maximum Gasteiger partial charge on any atom is 0.303 e. The molecule has 4 N–H and O–H groups in total. The van der Waals surface area contributed by atoms with Crippen molar-refractivity contribution < 1.29 is 77.5 Å². The third-order valence-electron chi connectivity index (χ3n) is 5.84. The fourth-order valence-electron chi connectivity index (χ4n) is 3.59. The molecule has 0 saturated heterocycles. The molecule has 0 fully saturated rings. The first-order valence-electron chi connectivity index (χ1n) is 15.2. The summed E-state index contributed by atoms with van der Waals surface area (Å²) in [5, 5.41) is 34.9. The van der Waals surface area contributed by atoms with E-state index in [1.807, 2.05) is 0 Å². The predicted molar refractivity (Wildman–Crippen MR) is 156 cm³/mol. The number of hydrogen-bond acceptors (Lipinski definition) is 12. The highest BCUT2D eigenvalue weighted by atomic mass is 16.6. The molecule has 0 aliphatic rings. The highest BCUT2D eigenvalue weighted by molar-refractivity contribution is 5.67. The van der Waals surface area contributed by atoms with Crippen LogP contribution in [0.4, 0.5) is 0 Å². The number of rotatable bonds is 36. The van der Waals surface area contributed by atoms with E-state index >= 15 is 0 Å². The molecule has 0 bridgehead atoms. The van der Waals surface area contributed by atoms with Crippen molar-refractivity contribution in [1.29, 1.82) is 0 Å². The van der Waals surface area contributed by atoms with Gasteiger partial charge in [-0.2, -0.15) is 0 Å². The maximum absolute atomic E-state index is 10.6. The molecule has 0 heterocycles. The number of carbonyl (C=O) groups is 4. The summed E-state index contributed by atoms with van der Waals surface area (Å²) < 4.78 is 45.3. The van der Waals surface area contributed by atoms with Crippen molar-refractivity contribution in [2.45, 2.75) is 51.4 Å². The van der Waals surface area contributed by atoms with E-state index in [9.17, 15) is 19.2 Å². The Labute approximate surface area is 264 Å². The Bertz CT molecular complexity index is 637. The molecular formula is C29H52O16. The van der Waals surface area contributed by atoms with E-state index in [1.54, 1.807) is 0 Å². The van der Waals surface area contributed by atoms with Gasteiger partial charge in [-0.05, 0) is 25.7 Å². The molecular weight excluding hydrogens is 604 g/mol. The van der Waals surface area contributed by atoms with Gasteiger partial charge in [0.15, 0.2) is 0 Å². The first-order valence-corrected chi connectivity index (χ1v) is 15.2. The van der Waals surface area contributed by atoms with Crippen LogP contribution in [-0.4, -0.2) is 150 Å². The van der Waals surface area contributed by atoms with Gasteiger partial charge in [0.2, 0.25) is 0 Å². The fraction of sp³-hybridized carbons (Fsp3) is 0.862. The number of hydrogen-bond donors (Lipinski definition) is 4. The molecule has 0 aromatic heterocycles. The van der Waals surface area contributed by atoms with E-state index in [2.05, 4.69) is 0 Å². The average molecular weight is 657 g/mol. The second-order valence-corrected chi connectivity index (χ2v) is 10.1. The number of carboxylic acids is 4. The molecule has 0 unspecified atom stereocenters. The first-order chi connectivity index (χ1) is 21.7. The van der Waals surface area contributed by atoms with Crippen molar-refractivity contribution in [1.82, 2.24) is 0 Å². The van der Waals surface area contributed by atoms with Crippen LogP contribution in [0, 0.1) is 5.41 Å². The van der Waals surface area contributed by atoms with Crippen molar-refractivity contribution in [3.63, 3.8) is 0 Å². The molecule has 0 amide bonds. The van der Waals surface area contributed by atoms with Gasteiger partial charge in [0.05, 0.1) is 84.7 Å². The van der Waals surface area contributed by atoms with Gasteiger partial charge in [-0.1, -0.05) is 0 Å². The Hall–Kier alpha value is -2.44. The minimum absolute atomic E-state index is 0.0196. The van der Waals surface area contributed by atoms with Gasteiger partial charge < -0.3 is 58.3 Å². The quantitative estimate of drug-likeness (QED) is 0.0702. The minimum atomic E-state index is -0.887. The van der Waals surface area contributed by atoms with E-state index in [0.717, 1.165) is 0 Å². The van der Waals surface area contributed by atoms with E-state index in [0.29, 0.717) is 52.1 Å². The van der Waals surface area contributed by atoms with Gasteiger partial charge in [0, 0.05) is 52.1 Å². The van der Waals surface area contributed by atoms with Gasteiger partial charge >= 0.3 is 23.9 Å². The second kappa shape index (κ2) is 30.2. The molecule has 264 valence electrons. The largest absolute Gasteiger partial charge is 0.481 e. The molecule has 0 aromatic rings. The molecule has 0 spiro atoms. The first kappa shape index (κ1) is 42.6. The Kier molecular flexibility index (Phi) is 28.6. The Morgan fingerprint density at radius 1 is 0.333 bits per heavy atom. The van der Waals surface area contributed by atoms with E-state index < -0.39 is 29.3 Å². The number of ether oxygens (including phenoxy) is 8. The van der Waals surface area contributed by atoms with Gasteiger partial charge in [-0.15, -0.1) is 0 Å². The van der Waals surface area contributed by atoms with Gasteiger partial charge in [-0.3, -0.25) is 19.2 Å². The van der Waals surface area contributed by atoms with Gasteiger partial charge in [-0.25, -0.2) is 0 Å². The summed E-state index contributed by atoms with van der Waals surface area (Å²) in [7, 11) is 0. The summed E-state index contributed by atoms with van der Waals surface area (Å²) in [5.74, 6) is -3.55. The second-order valence-electron chi connectivity index (χ2n) is 10.1. The Morgan fingerprint density at radius 2 is 0.533 bits per heavy atom. The number of aliphatic carboxylic acids is 4. The third kappa shape index (κ3) is 31.3. The van der Waals surface area contributed by atoms with Crippen LogP contribution in [0.2, 0.25) is 0 Å². The van der Waals surface area contributed by atoms with Crippen LogP contribution in [0.25, 0.3) is 0 Å². The van der Waals surface area contributed by atoms with Crippen molar-refractivity contribution in [3.8, 4) is 0 Å². The zero-order valence-electron chi connectivity index (χ0n) is 26.2. The summed E-state index contributed by atoms with van der Waals surface area (Å²) >= 11 is 0. The molecule has 0 atom stereocenters. The lowest BCUT2D eigenvalue weighted by atomic mass is 9.92. The normalized spacial score (nSPS) is 11.6. The van der Waals surface area contributed by atoms with Crippen molar-refractivity contribution >= 4 is 23.9 Å². The van der Waals surface area contributed by atoms with Crippen molar-refractivity contribution in [2.24, 2.45) is 5.41 Å². The van der Waals surface area contributed by atoms with Crippen LogP contribution in [0.5, 0.6) is 0 Å². The van der Waals surface area contributed by atoms with Crippen LogP contribution in [0.15, 0.2) is 0 Å². The zero-order valence-corrected chi connectivity index (χ0v) is 26.2. The third-order valence-corrected chi connectivity index (χ3v) is 5.84. The zero-order chi connectivity index (χ0) is 33.4. The van der Waals surface area contributed by atoms with E-state index in [4.69, 9.17) is 58.3 Å². The molecule has 0 aliphatic carbocycles. The van der Waals surface area contributed by atoms with E-state index in [-0.39, 0.29) is 105 Å². The molecule has 0 rings (SSSR count). The van der Waals surface area contributed by atoms with Gasteiger partial charge in [0.1, 0.15) is 0 Å². The number of carboxylic acid groups (broad SMARTS) is 4. The van der Waals surface area contributed by atoms with Crippen LogP contribution < -0.4 is 0 Å². The summed E-state index contributed by atoms with van der Waals surface area (Å²) in [6.45, 7) is 3.85. The minimum Gasteiger partial charge on any atom is -0.481 e. The SMILES string of the molecule is O=C(O)CCCOCCOCC(COCCOCCCC(=O)O)(COCCOCCCC(=O)O)COCCOCCCC(=O)O. The molecule has 16 nitrogen and oxygen atoms in total. The molecule has 0 radical (unpaired) electrons. The molecule has 45 heavy (non-hydrogen) atoms. The summed E-state index contributed by atoms with van der Waals surface area (Å²) in [6, 6.07) is 0. The lowest BCUT2D eigenvalue weighted by Gasteiger charge is -2.33. The van der Waals surface area contributed by atoms with E-state index in [1.165, 1.54) is 0 Å². The lowest BCUT2D eigenvalue weighted by Crippen LogP contribution is -2.42. The summed E-state index contributed by atoms with van der Waals surface area (Å²) in [5.41, 5.74) is -0.765. The van der Waals surface area contributed by atoms with Crippen LogP contribution >= 0.6 is 0 Å². The molecule has 0 aromatic carbocycles. The van der Waals surface area contributed by atoms with Crippen molar-refractivity contribution in [2.75, 3.05) is 106 Å². The van der Waals surface area contributed by atoms with Crippen molar-refractivity contribution in [3.05, 3.63) is 0 Å². The predicted octanol–water partition coefficient (Wildman–Crippen LogP) is 1.56. The monoisotopic (exact) mass is 656 g/mol. The lowest BCUT2D eigenvalue weighted by molar-refractivity contribution is -0.138. The maximum atomic E-state index is 10.6. The standard InChI is InChI=1S/C29H52O16/c30-25(31)5-1-9-38-13-17-42-21-29(22-43-18-14-39-10-2-6-26(32)33,23-44-19-15-40-11-3-7-27(34)35)24-45-20-16-41-12-4-8-28(36)37/h1-24H2,(H,30,31)(H,32,33)(H,34,35)(H,36,37). The van der Waals surface area contributed by atoms with Gasteiger partial charge in [0.25, 0.3) is 0 Å².